The number of fused-ring (bicyclic) bond motifs is 3. The molecule has 4 heteroatoms. The predicted octanol–water partition coefficient (Wildman–Crippen LogP) is 3.46. The van der Waals surface area contributed by atoms with Gasteiger partial charge in [-0.25, -0.2) is 4.79 Å². The van der Waals surface area contributed by atoms with E-state index in [4.69, 9.17) is 4.74 Å². The van der Waals surface area contributed by atoms with E-state index in [2.05, 4.69) is 0 Å². The molecular weight excluding hydrogens is 304 g/mol. The van der Waals surface area contributed by atoms with Gasteiger partial charge in [0.05, 0.1) is 6.61 Å². The Morgan fingerprint density at radius 3 is 1.92 bits per heavy atom. The van der Waals surface area contributed by atoms with Crippen molar-refractivity contribution < 1.29 is 19.1 Å². The van der Waals surface area contributed by atoms with E-state index in [1.54, 1.807) is 31.2 Å². The van der Waals surface area contributed by atoms with Crippen LogP contribution in [0.1, 0.15) is 29.8 Å². The van der Waals surface area contributed by atoms with Crippen molar-refractivity contribution in [3.05, 3.63) is 65.2 Å². The fourth-order valence-electron chi connectivity index (χ4n) is 2.98. The normalized spacial score (nSPS) is 14.5. The zero-order valence-electron chi connectivity index (χ0n) is 13.5. The summed E-state index contributed by atoms with van der Waals surface area (Å²) in [5.74, 6) is -1.57. The van der Waals surface area contributed by atoms with Gasteiger partial charge in [0.15, 0.2) is 11.6 Å². The molecule has 2 aromatic carbocycles. The number of esters is 1. The van der Waals surface area contributed by atoms with Crippen LogP contribution in [0.25, 0.3) is 16.7 Å². The van der Waals surface area contributed by atoms with Crippen molar-refractivity contribution in [2.24, 2.45) is 0 Å². The van der Waals surface area contributed by atoms with Crippen LogP contribution in [0.3, 0.4) is 0 Å². The second-order valence-electron chi connectivity index (χ2n) is 5.45. The molecule has 1 aliphatic rings. The highest BCUT2D eigenvalue weighted by Crippen LogP contribution is 2.40. The number of hydrogen-bond acceptors (Lipinski definition) is 4. The molecule has 0 aromatic heterocycles. The van der Waals surface area contributed by atoms with E-state index in [0.717, 1.165) is 11.1 Å². The summed E-state index contributed by atoms with van der Waals surface area (Å²) in [4.78, 5) is 37.4. The molecule has 0 saturated carbocycles. The molecule has 0 amide bonds. The molecule has 0 spiro atoms. The van der Waals surface area contributed by atoms with Crippen LogP contribution < -0.4 is 0 Å². The van der Waals surface area contributed by atoms with Crippen LogP contribution in [-0.2, 0) is 14.3 Å². The van der Waals surface area contributed by atoms with E-state index in [0.29, 0.717) is 11.1 Å². The zero-order valence-corrected chi connectivity index (χ0v) is 13.5. The van der Waals surface area contributed by atoms with E-state index in [1.165, 1.54) is 6.92 Å². The van der Waals surface area contributed by atoms with E-state index in [1.807, 2.05) is 24.3 Å². The highest BCUT2D eigenvalue weighted by atomic mass is 16.5. The van der Waals surface area contributed by atoms with Gasteiger partial charge in [0.1, 0.15) is 5.57 Å². The molecule has 0 N–H and O–H groups in total. The third-order valence-electron chi connectivity index (χ3n) is 3.97. The average Bonchev–Trinajstić information content (AvgIpc) is 2.58. The zero-order chi connectivity index (χ0) is 17.3. The average molecular weight is 320 g/mol. The Balaban J connectivity index is 2.37. The number of rotatable bonds is 3. The summed E-state index contributed by atoms with van der Waals surface area (Å²) in [6.45, 7) is 3.07. The van der Waals surface area contributed by atoms with Crippen molar-refractivity contribution in [1.82, 2.24) is 0 Å². The lowest BCUT2D eigenvalue weighted by molar-refractivity contribution is -0.139. The monoisotopic (exact) mass is 320 g/mol. The van der Waals surface area contributed by atoms with Gasteiger partial charge >= 0.3 is 5.97 Å². The molecule has 0 aliphatic heterocycles. The van der Waals surface area contributed by atoms with Crippen molar-refractivity contribution in [3.8, 4) is 11.1 Å². The molecule has 2 aromatic rings. The van der Waals surface area contributed by atoms with Crippen molar-refractivity contribution in [2.45, 2.75) is 13.8 Å². The first-order valence-electron chi connectivity index (χ1n) is 7.72. The lowest BCUT2D eigenvalue weighted by atomic mass is 9.79. The number of carbonyl (C=O) groups excluding carboxylic acids is 3. The van der Waals surface area contributed by atoms with Crippen molar-refractivity contribution in [2.75, 3.05) is 6.61 Å². The molecule has 0 heterocycles. The van der Waals surface area contributed by atoms with Gasteiger partial charge in [0.25, 0.3) is 0 Å². The maximum Gasteiger partial charge on any atom is 0.342 e. The molecule has 0 bridgehead atoms. The Kier molecular flexibility index (Phi) is 4.13. The summed E-state index contributed by atoms with van der Waals surface area (Å²) in [5.41, 5.74) is 2.62. The van der Waals surface area contributed by atoms with Gasteiger partial charge in [0, 0.05) is 11.1 Å². The molecule has 120 valence electrons. The quantitative estimate of drug-likeness (QED) is 0.376. The summed E-state index contributed by atoms with van der Waals surface area (Å²) in [7, 11) is 0. The van der Waals surface area contributed by atoms with E-state index >= 15 is 0 Å². The fourth-order valence-corrected chi connectivity index (χ4v) is 2.98. The Bertz CT molecular complexity index is 890. The van der Waals surface area contributed by atoms with Crippen molar-refractivity contribution in [1.29, 1.82) is 0 Å². The van der Waals surface area contributed by atoms with Gasteiger partial charge in [-0.1, -0.05) is 48.5 Å². The summed E-state index contributed by atoms with van der Waals surface area (Å²) in [6, 6.07) is 14.5. The maximum atomic E-state index is 13.0. The van der Waals surface area contributed by atoms with E-state index < -0.39 is 11.8 Å². The van der Waals surface area contributed by atoms with E-state index in [9.17, 15) is 14.4 Å². The van der Waals surface area contributed by atoms with E-state index in [-0.39, 0.29) is 23.5 Å². The standard InChI is InChI=1S/C20H16O4/c1-3-24-20(23)17(12(2)21)18-15-10-6-4-8-13(15)14-9-5-7-11-16(14)19(18)22/h4-11H,3H2,1-2H3/b18-17+. The number of allylic oxidation sites excluding steroid dienone is 1. The van der Waals surface area contributed by atoms with Gasteiger partial charge in [-0.3, -0.25) is 9.59 Å². The molecule has 4 nitrogen and oxygen atoms in total. The third kappa shape index (κ3) is 2.46. The molecule has 3 rings (SSSR count). The first-order valence-corrected chi connectivity index (χ1v) is 7.72. The fraction of sp³-hybridized carbons (Fsp3) is 0.150. The molecule has 24 heavy (non-hydrogen) atoms. The predicted molar refractivity (Wildman–Crippen MR) is 90.4 cm³/mol. The molecular formula is C20H16O4. The Hall–Kier alpha value is -3.01. The second kappa shape index (κ2) is 6.24. The number of Topliss-reactive ketones (excluding diaryl/α,β-unsaturated/α-hetero) is 2. The number of ether oxygens (including phenoxy) is 1. The Morgan fingerprint density at radius 2 is 1.38 bits per heavy atom. The third-order valence-corrected chi connectivity index (χ3v) is 3.97. The molecule has 0 unspecified atom stereocenters. The van der Waals surface area contributed by atoms with Gasteiger partial charge in [-0.2, -0.15) is 0 Å². The first kappa shape index (κ1) is 15.9. The highest BCUT2D eigenvalue weighted by Gasteiger charge is 2.33. The van der Waals surface area contributed by atoms with Crippen molar-refractivity contribution >= 4 is 23.1 Å². The maximum absolute atomic E-state index is 13.0. The van der Waals surface area contributed by atoms with Crippen LogP contribution in [-0.4, -0.2) is 24.1 Å². The Labute approximate surface area is 139 Å². The summed E-state index contributed by atoms with van der Waals surface area (Å²) >= 11 is 0. The van der Waals surface area contributed by atoms with Crippen LogP contribution in [0.15, 0.2) is 54.1 Å². The van der Waals surface area contributed by atoms with Crippen LogP contribution in [0.4, 0.5) is 0 Å². The van der Waals surface area contributed by atoms with Crippen molar-refractivity contribution in [3.63, 3.8) is 0 Å². The lowest BCUT2D eigenvalue weighted by Gasteiger charge is -2.22. The minimum atomic E-state index is -0.762. The van der Waals surface area contributed by atoms with Crippen LogP contribution in [0.2, 0.25) is 0 Å². The molecule has 0 saturated heterocycles. The topological polar surface area (TPSA) is 60.4 Å². The van der Waals surface area contributed by atoms with Gasteiger partial charge in [0.2, 0.25) is 0 Å². The van der Waals surface area contributed by atoms with Gasteiger partial charge < -0.3 is 4.74 Å². The second-order valence-corrected chi connectivity index (χ2v) is 5.45. The summed E-state index contributed by atoms with van der Waals surface area (Å²) < 4.78 is 5.00. The first-order chi connectivity index (χ1) is 11.6. The highest BCUT2D eigenvalue weighted by molar-refractivity contribution is 6.42. The molecule has 1 aliphatic carbocycles. The SMILES string of the molecule is CCOC(=O)/C(C(C)=O)=C1/C(=O)c2ccccc2-c2ccccc21. The molecule has 0 fully saturated rings. The largest absolute Gasteiger partial charge is 0.462 e. The Morgan fingerprint density at radius 1 is 0.875 bits per heavy atom. The lowest BCUT2D eigenvalue weighted by Crippen LogP contribution is -2.22. The summed E-state index contributed by atoms with van der Waals surface area (Å²) in [6.07, 6.45) is 0. The number of hydrogen-bond donors (Lipinski definition) is 0. The van der Waals surface area contributed by atoms with Gasteiger partial charge in [-0.15, -0.1) is 0 Å². The smallest absolute Gasteiger partial charge is 0.342 e. The minimum absolute atomic E-state index is 0.121. The molecule has 0 atom stereocenters. The summed E-state index contributed by atoms with van der Waals surface area (Å²) in [5, 5.41) is 0. The minimum Gasteiger partial charge on any atom is -0.462 e. The van der Waals surface area contributed by atoms with Crippen LogP contribution >= 0.6 is 0 Å². The van der Waals surface area contributed by atoms with Crippen LogP contribution in [0.5, 0.6) is 0 Å². The number of ketones is 2. The number of carbonyl (C=O) groups is 3. The van der Waals surface area contributed by atoms with Crippen LogP contribution in [0, 0.1) is 0 Å². The van der Waals surface area contributed by atoms with Gasteiger partial charge in [-0.05, 0) is 30.5 Å². The molecule has 0 radical (unpaired) electrons. The number of benzene rings is 2.